The first kappa shape index (κ1) is 22.1. The van der Waals surface area contributed by atoms with E-state index < -0.39 is 12.1 Å². The van der Waals surface area contributed by atoms with Gasteiger partial charge in [-0.1, -0.05) is 12.5 Å². The zero-order chi connectivity index (χ0) is 21.6. The Hall–Kier alpha value is -2.62. The number of hydrogen-bond acceptors (Lipinski definition) is 5. The van der Waals surface area contributed by atoms with Crippen LogP contribution in [-0.4, -0.2) is 57.0 Å². The monoisotopic (exact) mass is 425 g/mol. The molecule has 2 fully saturated rings. The number of aromatic amines is 1. The summed E-state index contributed by atoms with van der Waals surface area (Å²) in [5.74, 6) is 0.696. The van der Waals surface area contributed by atoms with Gasteiger partial charge in [0.05, 0.1) is 0 Å². The Balaban J connectivity index is 0.000000318. The van der Waals surface area contributed by atoms with Crippen LogP contribution in [0, 0.1) is 17.8 Å². The van der Waals surface area contributed by atoms with Crippen LogP contribution in [0.1, 0.15) is 25.0 Å². The molecule has 7 nitrogen and oxygen atoms in total. The van der Waals surface area contributed by atoms with Gasteiger partial charge in [0.25, 0.3) is 0 Å². The standard InChI is InChI=1S/C18H25N5.C2HF3O2/c1-2-8-19-18(6-1)20-10-14-4-3-5-15-11-23(13-17(14)15)12-16-7-9-21-22-16;3-2(4,5)1(6)7/h1-2,6-9,14-15,17H,3-5,10-13H2,(H,19,20)(H,21,22);(H,6,7)/t14-,15+,17+;/m0./s1. The highest BCUT2D eigenvalue weighted by atomic mass is 19.4. The first-order valence-electron chi connectivity index (χ1n) is 9.98. The van der Waals surface area contributed by atoms with Crippen molar-refractivity contribution in [3.05, 3.63) is 42.4 Å². The third-order valence-electron chi connectivity index (χ3n) is 5.73. The predicted octanol–water partition coefficient (Wildman–Crippen LogP) is 3.40. The zero-order valence-corrected chi connectivity index (χ0v) is 16.5. The molecule has 3 atom stereocenters. The molecule has 2 aromatic heterocycles. The van der Waals surface area contributed by atoms with Crippen LogP contribution in [0.5, 0.6) is 0 Å². The highest BCUT2D eigenvalue weighted by Gasteiger charge is 2.40. The highest BCUT2D eigenvalue weighted by molar-refractivity contribution is 5.73. The number of alkyl halides is 3. The van der Waals surface area contributed by atoms with Gasteiger partial charge >= 0.3 is 12.1 Å². The summed E-state index contributed by atoms with van der Waals surface area (Å²) in [4.78, 5) is 15.9. The second kappa shape index (κ2) is 9.92. The number of nitrogens with zero attached hydrogens (tertiary/aromatic N) is 3. The van der Waals surface area contributed by atoms with Crippen molar-refractivity contribution in [3.63, 3.8) is 0 Å². The van der Waals surface area contributed by atoms with E-state index in [4.69, 9.17) is 9.90 Å². The first-order valence-corrected chi connectivity index (χ1v) is 9.98. The van der Waals surface area contributed by atoms with Crippen molar-refractivity contribution < 1.29 is 23.1 Å². The fraction of sp³-hybridized carbons (Fsp3) is 0.550. The van der Waals surface area contributed by atoms with Gasteiger partial charge in [0.1, 0.15) is 5.82 Å². The summed E-state index contributed by atoms with van der Waals surface area (Å²) in [5, 5.41) is 17.8. The van der Waals surface area contributed by atoms with E-state index in [-0.39, 0.29) is 0 Å². The number of nitrogens with one attached hydrogen (secondary N) is 2. The van der Waals surface area contributed by atoms with Gasteiger partial charge in [-0.05, 0) is 48.8 Å². The van der Waals surface area contributed by atoms with E-state index in [9.17, 15) is 13.2 Å². The Morgan fingerprint density at radius 2 is 2.03 bits per heavy atom. The summed E-state index contributed by atoms with van der Waals surface area (Å²) in [7, 11) is 0. The summed E-state index contributed by atoms with van der Waals surface area (Å²) in [6, 6.07) is 8.15. The second-order valence-corrected chi connectivity index (χ2v) is 7.79. The quantitative estimate of drug-likeness (QED) is 0.680. The van der Waals surface area contributed by atoms with E-state index in [1.165, 1.54) is 38.0 Å². The van der Waals surface area contributed by atoms with Crippen LogP contribution in [0.4, 0.5) is 19.0 Å². The third kappa shape index (κ3) is 6.19. The number of pyridine rings is 1. The molecule has 0 spiro atoms. The molecule has 3 heterocycles. The molecule has 10 heteroatoms. The lowest BCUT2D eigenvalue weighted by molar-refractivity contribution is -0.192. The number of rotatable bonds is 5. The average Bonchev–Trinajstić information content (AvgIpc) is 3.36. The molecule has 3 N–H and O–H groups in total. The second-order valence-electron chi connectivity index (χ2n) is 7.79. The van der Waals surface area contributed by atoms with Crippen molar-refractivity contribution in [1.29, 1.82) is 0 Å². The van der Waals surface area contributed by atoms with Gasteiger partial charge < -0.3 is 10.4 Å². The van der Waals surface area contributed by atoms with Gasteiger partial charge in [-0.2, -0.15) is 18.3 Å². The Morgan fingerprint density at radius 1 is 1.23 bits per heavy atom. The molecule has 30 heavy (non-hydrogen) atoms. The number of halogens is 3. The van der Waals surface area contributed by atoms with Crippen molar-refractivity contribution >= 4 is 11.8 Å². The number of hydrogen-bond donors (Lipinski definition) is 3. The number of fused-ring (bicyclic) bond motifs is 1. The van der Waals surface area contributed by atoms with Crippen LogP contribution in [0.15, 0.2) is 36.7 Å². The van der Waals surface area contributed by atoms with E-state index in [1.54, 1.807) is 0 Å². The molecule has 0 radical (unpaired) electrons. The fourth-order valence-corrected chi connectivity index (χ4v) is 4.38. The molecule has 1 aliphatic carbocycles. The normalized spacial score (nSPS) is 23.9. The van der Waals surface area contributed by atoms with Gasteiger partial charge in [-0.3, -0.25) is 10.00 Å². The summed E-state index contributed by atoms with van der Waals surface area (Å²) in [6.07, 6.45) is 2.72. The topological polar surface area (TPSA) is 94.1 Å². The Bertz CT molecular complexity index is 785. The van der Waals surface area contributed by atoms with Crippen LogP contribution in [0.2, 0.25) is 0 Å². The van der Waals surface area contributed by atoms with Crippen LogP contribution >= 0.6 is 0 Å². The maximum atomic E-state index is 10.6. The zero-order valence-electron chi connectivity index (χ0n) is 16.5. The van der Waals surface area contributed by atoms with Crippen molar-refractivity contribution in [1.82, 2.24) is 20.1 Å². The molecule has 164 valence electrons. The smallest absolute Gasteiger partial charge is 0.475 e. The highest BCUT2D eigenvalue weighted by Crippen LogP contribution is 2.40. The SMILES string of the molecule is O=C(O)C(F)(F)F.c1ccc(NC[C@@H]2CCC[C@@H]3CN(Cc4ccn[nH]4)C[C@@H]32)nc1. The lowest BCUT2D eigenvalue weighted by Gasteiger charge is -2.33. The molecule has 0 amide bonds. The molecule has 0 bridgehead atoms. The minimum absolute atomic E-state index is 0.766. The number of carboxylic acid groups (broad SMARTS) is 1. The summed E-state index contributed by atoms with van der Waals surface area (Å²) < 4.78 is 31.7. The molecule has 4 rings (SSSR count). The van der Waals surface area contributed by atoms with Gasteiger partial charge in [0.2, 0.25) is 0 Å². The van der Waals surface area contributed by atoms with Crippen molar-refractivity contribution in [2.24, 2.45) is 17.8 Å². The molecule has 2 aromatic rings. The number of carbonyl (C=O) groups is 1. The molecular formula is C20H26F3N5O2. The number of aliphatic carboxylic acids is 1. The van der Waals surface area contributed by atoms with Crippen molar-refractivity contribution in [2.75, 3.05) is 25.0 Å². The van der Waals surface area contributed by atoms with Crippen molar-refractivity contribution in [3.8, 4) is 0 Å². The van der Waals surface area contributed by atoms with Gasteiger partial charge in [0, 0.05) is 44.3 Å². The third-order valence-corrected chi connectivity index (χ3v) is 5.73. The molecule has 0 unspecified atom stereocenters. The first-order chi connectivity index (χ1) is 14.3. The van der Waals surface area contributed by atoms with Gasteiger partial charge in [0.15, 0.2) is 0 Å². The Morgan fingerprint density at radius 3 is 2.67 bits per heavy atom. The average molecular weight is 425 g/mol. The van der Waals surface area contributed by atoms with E-state index in [0.717, 1.165) is 36.7 Å². The van der Waals surface area contributed by atoms with E-state index in [2.05, 4.69) is 37.5 Å². The number of anilines is 1. The summed E-state index contributed by atoms with van der Waals surface area (Å²) in [5.41, 5.74) is 1.23. The fourth-order valence-electron chi connectivity index (χ4n) is 4.38. The minimum atomic E-state index is -5.08. The largest absolute Gasteiger partial charge is 0.490 e. The number of likely N-dealkylation sites (tertiary alicyclic amines) is 1. The summed E-state index contributed by atoms with van der Waals surface area (Å²) >= 11 is 0. The van der Waals surface area contributed by atoms with E-state index in [1.807, 2.05) is 24.5 Å². The van der Waals surface area contributed by atoms with E-state index in [0.29, 0.717) is 0 Å². The van der Waals surface area contributed by atoms with Crippen molar-refractivity contribution in [2.45, 2.75) is 32.0 Å². The van der Waals surface area contributed by atoms with Crippen LogP contribution in [-0.2, 0) is 11.3 Å². The molecule has 1 aliphatic heterocycles. The number of aromatic nitrogens is 3. The lowest BCUT2D eigenvalue weighted by Crippen LogP contribution is -2.32. The van der Waals surface area contributed by atoms with Gasteiger partial charge in [-0.25, -0.2) is 9.78 Å². The summed E-state index contributed by atoms with van der Waals surface area (Å²) in [6.45, 7) is 4.52. The van der Waals surface area contributed by atoms with Crippen LogP contribution in [0.3, 0.4) is 0 Å². The van der Waals surface area contributed by atoms with Gasteiger partial charge in [-0.15, -0.1) is 0 Å². The lowest BCUT2D eigenvalue weighted by atomic mass is 9.74. The molecular weight excluding hydrogens is 399 g/mol. The Kier molecular flexibility index (Phi) is 7.30. The molecule has 0 aromatic carbocycles. The van der Waals surface area contributed by atoms with Crippen LogP contribution < -0.4 is 5.32 Å². The molecule has 1 saturated heterocycles. The van der Waals surface area contributed by atoms with E-state index >= 15 is 0 Å². The predicted molar refractivity (Wildman–Crippen MR) is 105 cm³/mol. The molecule has 2 aliphatic rings. The van der Waals surface area contributed by atoms with Crippen LogP contribution in [0.25, 0.3) is 0 Å². The minimum Gasteiger partial charge on any atom is -0.475 e. The Labute approximate surface area is 172 Å². The maximum absolute atomic E-state index is 10.6. The maximum Gasteiger partial charge on any atom is 0.490 e. The number of H-pyrrole nitrogens is 1. The number of carboxylic acids is 1. The molecule has 1 saturated carbocycles.